The van der Waals surface area contributed by atoms with Crippen molar-refractivity contribution in [2.24, 2.45) is 0 Å². The van der Waals surface area contributed by atoms with Gasteiger partial charge in [-0.05, 0) is 37.5 Å². The summed E-state index contributed by atoms with van der Waals surface area (Å²) >= 11 is 6.06. The molecule has 1 aromatic carbocycles. The molecule has 0 amide bonds. The van der Waals surface area contributed by atoms with Gasteiger partial charge in [-0.2, -0.15) is 0 Å². The molecule has 1 N–H and O–H groups in total. The molecule has 134 valence electrons. The summed E-state index contributed by atoms with van der Waals surface area (Å²) in [5.74, 6) is 1.90. The maximum atomic E-state index is 6.06. The number of nitrogens with one attached hydrogen (secondary N) is 1. The highest BCUT2D eigenvalue weighted by Gasteiger charge is 2.21. The molecule has 3 heterocycles. The van der Waals surface area contributed by atoms with Crippen molar-refractivity contribution in [3.8, 4) is 0 Å². The predicted octanol–water partition coefficient (Wildman–Crippen LogP) is 3.72. The molecular formula is C19H21ClN6. The highest BCUT2D eigenvalue weighted by atomic mass is 35.5. The van der Waals surface area contributed by atoms with E-state index in [1.54, 1.807) is 12.7 Å². The molecule has 0 unspecified atom stereocenters. The van der Waals surface area contributed by atoms with Gasteiger partial charge in [0.25, 0.3) is 0 Å². The van der Waals surface area contributed by atoms with Gasteiger partial charge < -0.3 is 10.2 Å². The van der Waals surface area contributed by atoms with E-state index in [1.165, 1.54) is 0 Å². The Kier molecular flexibility index (Phi) is 4.84. The lowest BCUT2D eigenvalue weighted by atomic mass is 10.0. The first-order chi connectivity index (χ1) is 12.7. The van der Waals surface area contributed by atoms with Gasteiger partial charge in [0.2, 0.25) is 0 Å². The van der Waals surface area contributed by atoms with Crippen LogP contribution in [0, 0.1) is 0 Å². The van der Waals surface area contributed by atoms with Crippen LogP contribution in [0.5, 0.6) is 0 Å². The normalized spacial score (nSPS) is 15.4. The molecule has 26 heavy (non-hydrogen) atoms. The summed E-state index contributed by atoms with van der Waals surface area (Å²) in [5.41, 5.74) is 1.95. The monoisotopic (exact) mass is 368 g/mol. The van der Waals surface area contributed by atoms with Crippen molar-refractivity contribution in [1.82, 2.24) is 19.9 Å². The van der Waals surface area contributed by atoms with Crippen molar-refractivity contribution < 1.29 is 0 Å². The van der Waals surface area contributed by atoms with Crippen LogP contribution in [0.3, 0.4) is 0 Å². The summed E-state index contributed by atoms with van der Waals surface area (Å²) in [6, 6.07) is 8.19. The third-order valence-electron chi connectivity index (χ3n) is 4.83. The van der Waals surface area contributed by atoms with Crippen LogP contribution in [0.15, 0.2) is 36.9 Å². The molecule has 0 bridgehead atoms. The number of hydrogen-bond acceptors (Lipinski definition) is 6. The first kappa shape index (κ1) is 17.0. The van der Waals surface area contributed by atoms with E-state index in [0.717, 1.165) is 60.6 Å². The van der Waals surface area contributed by atoms with E-state index in [-0.39, 0.29) is 0 Å². The number of aryl methyl sites for hydroxylation is 1. The minimum Gasteiger partial charge on any atom is -0.367 e. The van der Waals surface area contributed by atoms with Crippen LogP contribution in [-0.2, 0) is 6.42 Å². The Labute approximate surface area is 157 Å². The van der Waals surface area contributed by atoms with Crippen LogP contribution in [0.25, 0.3) is 10.9 Å². The fourth-order valence-corrected chi connectivity index (χ4v) is 3.51. The maximum absolute atomic E-state index is 6.06. The second-order valence-electron chi connectivity index (χ2n) is 6.51. The lowest BCUT2D eigenvalue weighted by molar-refractivity contribution is 0.522. The Morgan fingerprint density at radius 2 is 1.88 bits per heavy atom. The molecule has 0 radical (unpaired) electrons. The van der Waals surface area contributed by atoms with Crippen LogP contribution in [0.1, 0.15) is 25.5 Å². The van der Waals surface area contributed by atoms with Crippen LogP contribution < -0.4 is 10.2 Å². The summed E-state index contributed by atoms with van der Waals surface area (Å²) < 4.78 is 0. The molecule has 0 spiro atoms. The van der Waals surface area contributed by atoms with Crippen LogP contribution in [-0.4, -0.2) is 39.1 Å². The summed E-state index contributed by atoms with van der Waals surface area (Å²) in [4.78, 5) is 19.8. The van der Waals surface area contributed by atoms with E-state index in [2.05, 4.69) is 43.1 Å². The van der Waals surface area contributed by atoms with E-state index >= 15 is 0 Å². The zero-order valence-corrected chi connectivity index (χ0v) is 15.4. The highest BCUT2D eigenvalue weighted by Crippen LogP contribution is 2.25. The Bertz CT molecular complexity index is 907. The molecule has 1 aliphatic rings. The summed E-state index contributed by atoms with van der Waals surface area (Å²) in [5, 5.41) is 5.27. The van der Waals surface area contributed by atoms with Crippen molar-refractivity contribution in [3.05, 3.63) is 47.6 Å². The van der Waals surface area contributed by atoms with Crippen molar-refractivity contribution in [2.75, 3.05) is 23.3 Å². The number of anilines is 2. The molecule has 1 saturated heterocycles. The van der Waals surface area contributed by atoms with Gasteiger partial charge in [0, 0.05) is 41.3 Å². The summed E-state index contributed by atoms with van der Waals surface area (Å²) in [7, 11) is 0. The third kappa shape index (κ3) is 3.55. The van der Waals surface area contributed by atoms with Crippen molar-refractivity contribution in [2.45, 2.75) is 32.2 Å². The Hall–Kier alpha value is -2.47. The number of halogens is 1. The van der Waals surface area contributed by atoms with E-state index in [9.17, 15) is 0 Å². The molecule has 0 aliphatic carbocycles. The molecular weight excluding hydrogens is 348 g/mol. The van der Waals surface area contributed by atoms with Gasteiger partial charge in [-0.3, -0.25) is 0 Å². The van der Waals surface area contributed by atoms with E-state index in [0.29, 0.717) is 11.1 Å². The molecule has 6 nitrogen and oxygen atoms in total. The van der Waals surface area contributed by atoms with Crippen LogP contribution >= 0.6 is 11.6 Å². The Morgan fingerprint density at radius 1 is 1.08 bits per heavy atom. The SMILES string of the molecule is CCc1cc(N2CCC(Nc3ncnc4cc(Cl)ccc34)CC2)ncn1. The topological polar surface area (TPSA) is 66.8 Å². The molecule has 0 saturated carbocycles. The van der Waals surface area contributed by atoms with Crippen molar-refractivity contribution in [1.29, 1.82) is 0 Å². The number of rotatable bonds is 4. The fraction of sp³-hybridized carbons (Fsp3) is 0.368. The average Bonchev–Trinajstić information content (AvgIpc) is 2.68. The van der Waals surface area contributed by atoms with Gasteiger partial charge >= 0.3 is 0 Å². The number of hydrogen-bond donors (Lipinski definition) is 1. The first-order valence-electron chi connectivity index (χ1n) is 8.95. The second-order valence-corrected chi connectivity index (χ2v) is 6.95. The zero-order chi connectivity index (χ0) is 17.9. The number of benzene rings is 1. The van der Waals surface area contributed by atoms with E-state index in [4.69, 9.17) is 11.6 Å². The quantitative estimate of drug-likeness (QED) is 0.757. The number of fused-ring (bicyclic) bond motifs is 1. The van der Waals surface area contributed by atoms with Gasteiger partial charge in [0.15, 0.2) is 0 Å². The van der Waals surface area contributed by atoms with Gasteiger partial charge in [-0.1, -0.05) is 18.5 Å². The zero-order valence-electron chi connectivity index (χ0n) is 14.7. The van der Waals surface area contributed by atoms with Crippen molar-refractivity contribution >= 4 is 34.1 Å². The third-order valence-corrected chi connectivity index (χ3v) is 5.06. The van der Waals surface area contributed by atoms with Gasteiger partial charge in [-0.25, -0.2) is 19.9 Å². The molecule has 4 rings (SSSR count). The average molecular weight is 369 g/mol. The Morgan fingerprint density at radius 3 is 2.69 bits per heavy atom. The standard InChI is InChI=1S/C19H21ClN6/c1-2-14-10-18(23-11-21-14)26-7-5-15(6-8-26)25-19-16-4-3-13(20)9-17(16)22-12-24-19/h3-4,9-12,15H,2,5-8H2,1H3,(H,22,24,25). The lowest BCUT2D eigenvalue weighted by Crippen LogP contribution is -2.39. The molecule has 3 aromatic rings. The lowest BCUT2D eigenvalue weighted by Gasteiger charge is -2.33. The molecule has 1 fully saturated rings. The highest BCUT2D eigenvalue weighted by molar-refractivity contribution is 6.31. The summed E-state index contributed by atoms with van der Waals surface area (Å²) in [6.45, 7) is 4.04. The van der Waals surface area contributed by atoms with E-state index in [1.807, 2.05) is 18.2 Å². The fourth-order valence-electron chi connectivity index (χ4n) is 3.34. The van der Waals surface area contributed by atoms with Gasteiger partial charge in [0.05, 0.1) is 5.52 Å². The molecule has 0 atom stereocenters. The van der Waals surface area contributed by atoms with Crippen molar-refractivity contribution in [3.63, 3.8) is 0 Å². The molecule has 2 aromatic heterocycles. The van der Waals surface area contributed by atoms with Crippen LogP contribution in [0.2, 0.25) is 5.02 Å². The molecule has 7 heteroatoms. The smallest absolute Gasteiger partial charge is 0.137 e. The number of nitrogens with zero attached hydrogens (tertiary/aromatic N) is 5. The molecule has 1 aliphatic heterocycles. The predicted molar refractivity (Wildman–Crippen MR) is 105 cm³/mol. The first-order valence-corrected chi connectivity index (χ1v) is 9.33. The minimum absolute atomic E-state index is 0.382. The summed E-state index contributed by atoms with van der Waals surface area (Å²) in [6.07, 6.45) is 6.24. The number of piperidine rings is 1. The van der Waals surface area contributed by atoms with Crippen LogP contribution in [0.4, 0.5) is 11.6 Å². The Balaban J connectivity index is 1.44. The largest absolute Gasteiger partial charge is 0.367 e. The minimum atomic E-state index is 0.382. The van der Waals surface area contributed by atoms with Gasteiger partial charge in [0.1, 0.15) is 24.3 Å². The second kappa shape index (κ2) is 7.41. The maximum Gasteiger partial charge on any atom is 0.137 e. The van der Waals surface area contributed by atoms with E-state index < -0.39 is 0 Å². The number of aromatic nitrogens is 4. The van der Waals surface area contributed by atoms with Gasteiger partial charge in [-0.15, -0.1) is 0 Å².